The number of carbonyl (C=O) groups excluding carboxylic acids is 1. The number of aromatic amines is 1. The molecule has 0 bridgehead atoms. The van der Waals surface area contributed by atoms with E-state index in [0.717, 1.165) is 0 Å². The fourth-order valence-electron chi connectivity index (χ4n) is 2.08. The van der Waals surface area contributed by atoms with Crippen LogP contribution < -0.4 is 11.3 Å². The summed E-state index contributed by atoms with van der Waals surface area (Å²) in [5, 5.41) is 18.5. The molecule has 0 amide bonds. The quantitative estimate of drug-likeness (QED) is 0.773. The van der Waals surface area contributed by atoms with E-state index in [2.05, 4.69) is 25.7 Å². The lowest BCUT2D eigenvalue weighted by Crippen LogP contribution is -2.16. The maximum absolute atomic E-state index is 11.9. The first kappa shape index (κ1) is 16.3. The molecular weight excluding hydrogens is 364 g/mol. The second-order valence-electron chi connectivity index (χ2n) is 4.40. The van der Waals surface area contributed by atoms with Crippen LogP contribution in [0.5, 0.6) is 0 Å². The maximum atomic E-state index is 11.9. The van der Waals surface area contributed by atoms with Gasteiger partial charge in [-0.05, 0) is 33.6 Å². The first-order chi connectivity index (χ1) is 10.9. The molecule has 1 aromatic heterocycles. The average molecular weight is 373 g/mol. The normalized spacial score (nSPS) is 9.74. The van der Waals surface area contributed by atoms with Gasteiger partial charge in [-0.1, -0.05) is 6.07 Å². The molecule has 0 aliphatic rings. The molecule has 0 spiro atoms. The molecule has 114 valence electrons. The number of carbonyl (C=O) groups is 1. The van der Waals surface area contributed by atoms with Gasteiger partial charge in [-0.15, -0.1) is 0 Å². The monoisotopic (exact) mass is 372 g/mol. The number of nitrogen functional groups attached to an aromatic ring is 1. The molecule has 1 aromatic carbocycles. The molecule has 0 unspecified atom stereocenters. The number of halogens is 1. The number of hydrogen-bond acceptors (Lipinski definition) is 6. The number of nitrogens with one attached hydrogen (secondary N) is 1. The van der Waals surface area contributed by atoms with E-state index in [9.17, 15) is 20.1 Å². The van der Waals surface area contributed by atoms with Gasteiger partial charge in [0.05, 0.1) is 12.7 Å². The first-order valence-corrected chi connectivity index (χ1v) is 6.98. The van der Waals surface area contributed by atoms with E-state index in [-0.39, 0.29) is 28.1 Å². The van der Waals surface area contributed by atoms with Crippen LogP contribution in [0.2, 0.25) is 0 Å². The highest BCUT2D eigenvalue weighted by molar-refractivity contribution is 9.10. The van der Waals surface area contributed by atoms with Gasteiger partial charge in [0.1, 0.15) is 29.1 Å². The fourth-order valence-corrected chi connectivity index (χ4v) is 2.62. The fraction of sp³-hybridized carbons (Fsp3) is 0.0667. The zero-order valence-corrected chi connectivity index (χ0v) is 13.4. The molecule has 0 fully saturated rings. The molecule has 0 aliphatic heterocycles. The van der Waals surface area contributed by atoms with E-state index in [1.807, 2.05) is 6.07 Å². The van der Waals surface area contributed by atoms with Crippen molar-refractivity contribution in [2.75, 3.05) is 12.8 Å². The van der Waals surface area contributed by atoms with Gasteiger partial charge in [0.2, 0.25) is 0 Å². The third kappa shape index (κ3) is 2.80. The van der Waals surface area contributed by atoms with Gasteiger partial charge in [-0.25, -0.2) is 4.79 Å². The van der Waals surface area contributed by atoms with Gasteiger partial charge in [0, 0.05) is 10.0 Å². The lowest BCUT2D eigenvalue weighted by Gasteiger charge is -2.10. The second kappa shape index (κ2) is 6.34. The Kier molecular flexibility index (Phi) is 4.49. The Hall–Kier alpha value is -3.10. The lowest BCUT2D eigenvalue weighted by atomic mass is 9.96. The van der Waals surface area contributed by atoms with Crippen LogP contribution in [0, 0.1) is 22.7 Å². The molecule has 0 aliphatic carbocycles. The Morgan fingerprint density at radius 1 is 1.30 bits per heavy atom. The van der Waals surface area contributed by atoms with Crippen LogP contribution in [0.25, 0.3) is 11.1 Å². The zero-order chi connectivity index (χ0) is 17.1. The minimum Gasteiger partial charge on any atom is -0.465 e. The molecule has 2 rings (SSSR count). The number of hydrogen-bond donors (Lipinski definition) is 2. The highest BCUT2D eigenvalue weighted by atomic mass is 79.9. The molecule has 2 aromatic rings. The number of nitrogens with zero attached hydrogens (tertiary/aromatic N) is 2. The van der Waals surface area contributed by atoms with Crippen molar-refractivity contribution in [3.05, 3.63) is 49.7 Å². The molecule has 0 radical (unpaired) electrons. The van der Waals surface area contributed by atoms with Crippen LogP contribution >= 0.6 is 15.9 Å². The van der Waals surface area contributed by atoms with E-state index >= 15 is 0 Å². The van der Waals surface area contributed by atoms with Crippen LogP contribution in [0.3, 0.4) is 0 Å². The number of benzene rings is 1. The molecule has 8 heteroatoms. The maximum Gasteiger partial charge on any atom is 0.339 e. The number of methoxy groups -OCH3 is 1. The predicted molar refractivity (Wildman–Crippen MR) is 85.4 cm³/mol. The summed E-state index contributed by atoms with van der Waals surface area (Å²) in [6, 6.07) is 8.14. The number of ether oxygens (including phenoxy) is 1. The molecule has 0 saturated carbocycles. The summed E-state index contributed by atoms with van der Waals surface area (Å²) in [5.74, 6) is -0.672. The Morgan fingerprint density at radius 2 is 1.96 bits per heavy atom. The number of nitrogens with two attached hydrogens (primary N) is 1. The molecule has 23 heavy (non-hydrogen) atoms. The minimum absolute atomic E-state index is 0.0149. The summed E-state index contributed by atoms with van der Waals surface area (Å²) in [6.07, 6.45) is 0. The topological polar surface area (TPSA) is 133 Å². The summed E-state index contributed by atoms with van der Waals surface area (Å²) in [4.78, 5) is 25.8. The van der Waals surface area contributed by atoms with Crippen molar-refractivity contribution in [3.8, 4) is 23.3 Å². The number of esters is 1. The van der Waals surface area contributed by atoms with Crippen LogP contribution in [0.4, 0.5) is 5.82 Å². The predicted octanol–water partition coefficient (Wildman–Crippen LogP) is 1.92. The Balaban J connectivity index is 2.81. The summed E-state index contributed by atoms with van der Waals surface area (Å²) < 4.78 is 5.04. The molecule has 1 heterocycles. The number of aromatic nitrogens is 1. The SMILES string of the molecule is COC(=O)c1ccc(-c2c(C#N)c(N)[nH]c(=O)c2C#N)cc1Br. The van der Waals surface area contributed by atoms with Crippen molar-refractivity contribution in [1.82, 2.24) is 4.98 Å². The third-order valence-corrected chi connectivity index (χ3v) is 3.79. The summed E-state index contributed by atoms with van der Waals surface area (Å²) >= 11 is 3.23. The van der Waals surface area contributed by atoms with Crippen LogP contribution in [-0.4, -0.2) is 18.1 Å². The standard InChI is InChI=1S/C15H9BrN4O3/c1-23-15(22)8-3-2-7(4-11(8)16)12-9(5-17)13(19)20-14(21)10(12)6-18/h2-4H,1H3,(H3,19,20,21). The van der Waals surface area contributed by atoms with Gasteiger partial charge in [-0.3, -0.25) is 4.79 Å². The van der Waals surface area contributed by atoms with Crippen molar-refractivity contribution >= 4 is 27.7 Å². The third-order valence-electron chi connectivity index (χ3n) is 3.13. The van der Waals surface area contributed by atoms with Crippen molar-refractivity contribution in [2.24, 2.45) is 0 Å². The van der Waals surface area contributed by atoms with Gasteiger partial charge >= 0.3 is 5.97 Å². The second-order valence-corrected chi connectivity index (χ2v) is 5.26. The van der Waals surface area contributed by atoms with Crippen LogP contribution in [0.15, 0.2) is 27.5 Å². The average Bonchev–Trinajstić information content (AvgIpc) is 2.53. The highest BCUT2D eigenvalue weighted by Gasteiger charge is 2.19. The van der Waals surface area contributed by atoms with E-state index in [1.54, 1.807) is 6.07 Å². The molecule has 3 N–H and O–H groups in total. The van der Waals surface area contributed by atoms with Crippen molar-refractivity contribution in [1.29, 1.82) is 10.5 Å². The van der Waals surface area contributed by atoms with E-state index < -0.39 is 11.5 Å². The van der Waals surface area contributed by atoms with Crippen molar-refractivity contribution in [2.45, 2.75) is 0 Å². The van der Waals surface area contributed by atoms with Gasteiger partial charge in [-0.2, -0.15) is 10.5 Å². The Bertz CT molecular complexity index is 951. The number of pyridine rings is 1. The molecular formula is C15H9BrN4O3. The number of anilines is 1. The summed E-state index contributed by atoms with van der Waals surface area (Å²) in [7, 11) is 1.25. The number of rotatable bonds is 2. The van der Waals surface area contributed by atoms with Gasteiger partial charge in [0.25, 0.3) is 5.56 Å². The number of nitriles is 2. The van der Waals surface area contributed by atoms with E-state index in [4.69, 9.17) is 5.73 Å². The molecule has 0 atom stereocenters. The zero-order valence-electron chi connectivity index (χ0n) is 11.8. The van der Waals surface area contributed by atoms with Gasteiger partial charge < -0.3 is 15.5 Å². The Morgan fingerprint density at radius 3 is 2.48 bits per heavy atom. The van der Waals surface area contributed by atoms with Crippen LogP contribution in [-0.2, 0) is 4.74 Å². The lowest BCUT2D eigenvalue weighted by molar-refractivity contribution is 0.0599. The molecule has 7 nitrogen and oxygen atoms in total. The van der Waals surface area contributed by atoms with E-state index in [0.29, 0.717) is 10.0 Å². The number of H-pyrrole nitrogens is 1. The molecule has 0 saturated heterocycles. The van der Waals surface area contributed by atoms with Crippen molar-refractivity contribution in [3.63, 3.8) is 0 Å². The van der Waals surface area contributed by atoms with Crippen LogP contribution in [0.1, 0.15) is 21.5 Å². The Labute approximate surface area is 139 Å². The first-order valence-electron chi connectivity index (χ1n) is 6.18. The highest BCUT2D eigenvalue weighted by Crippen LogP contribution is 2.31. The largest absolute Gasteiger partial charge is 0.465 e. The van der Waals surface area contributed by atoms with Crippen molar-refractivity contribution < 1.29 is 9.53 Å². The summed E-state index contributed by atoms with van der Waals surface area (Å²) in [6.45, 7) is 0. The smallest absolute Gasteiger partial charge is 0.339 e. The van der Waals surface area contributed by atoms with E-state index in [1.165, 1.54) is 25.3 Å². The summed E-state index contributed by atoms with van der Waals surface area (Å²) in [5.41, 5.74) is 5.51. The minimum atomic E-state index is -0.688. The van der Waals surface area contributed by atoms with Gasteiger partial charge in [0.15, 0.2) is 0 Å².